The first-order valence-corrected chi connectivity index (χ1v) is 7.80. The van der Waals surface area contributed by atoms with Crippen molar-refractivity contribution in [3.05, 3.63) is 35.4 Å². The molecule has 0 radical (unpaired) electrons. The van der Waals surface area contributed by atoms with Gasteiger partial charge in [-0.25, -0.2) is 4.72 Å². The zero-order valence-corrected chi connectivity index (χ0v) is 12.9. The summed E-state index contributed by atoms with van der Waals surface area (Å²) in [4.78, 5) is 0. The minimum absolute atomic E-state index is 0.0321. The van der Waals surface area contributed by atoms with Crippen LogP contribution in [-0.4, -0.2) is 32.2 Å². The normalized spacial score (nSPS) is 12.1. The van der Waals surface area contributed by atoms with Gasteiger partial charge < -0.3 is 5.73 Å². The quantitative estimate of drug-likeness (QED) is 0.515. The second-order valence-corrected chi connectivity index (χ2v) is 6.98. The Morgan fingerprint density at radius 2 is 2.10 bits per heavy atom. The van der Waals surface area contributed by atoms with E-state index < -0.39 is 10.2 Å². The molecule has 0 atom stereocenters. The smallest absolute Gasteiger partial charge is 0.279 e. The van der Waals surface area contributed by atoms with Crippen molar-refractivity contribution >= 4 is 16.0 Å². The number of amidine groups is 1. The SMILES string of the molecule is CC(C)CNS(=O)(=O)N(C)Cc1cccc(C(=N)N)c1. The van der Waals surface area contributed by atoms with Gasteiger partial charge in [0.05, 0.1) is 0 Å². The molecule has 0 fully saturated rings. The highest BCUT2D eigenvalue weighted by Crippen LogP contribution is 2.09. The summed E-state index contributed by atoms with van der Waals surface area (Å²) in [5, 5.41) is 7.38. The largest absolute Gasteiger partial charge is 0.384 e. The van der Waals surface area contributed by atoms with Crippen molar-refractivity contribution in [2.45, 2.75) is 20.4 Å². The highest BCUT2D eigenvalue weighted by Gasteiger charge is 2.17. The molecule has 0 aliphatic carbocycles. The molecular weight excluding hydrogens is 276 g/mol. The average Bonchev–Trinajstić information content (AvgIpc) is 2.36. The molecule has 0 bridgehead atoms. The van der Waals surface area contributed by atoms with Crippen molar-refractivity contribution < 1.29 is 8.42 Å². The summed E-state index contributed by atoms with van der Waals surface area (Å²) in [6.45, 7) is 4.52. The second kappa shape index (κ2) is 6.83. The molecule has 1 aromatic carbocycles. The number of hydrogen-bond donors (Lipinski definition) is 3. The summed E-state index contributed by atoms with van der Waals surface area (Å²) < 4.78 is 27.8. The maximum atomic E-state index is 12.0. The van der Waals surface area contributed by atoms with Crippen LogP contribution >= 0.6 is 0 Å². The molecule has 0 spiro atoms. The molecular formula is C13H22N4O2S. The fourth-order valence-corrected chi connectivity index (χ4v) is 2.64. The van der Waals surface area contributed by atoms with Crippen LogP contribution in [0.4, 0.5) is 0 Å². The Morgan fingerprint density at radius 1 is 1.45 bits per heavy atom. The lowest BCUT2D eigenvalue weighted by Gasteiger charge is -2.19. The van der Waals surface area contributed by atoms with Crippen LogP contribution in [0.1, 0.15) is 25.0 Å². The Hall–Kier alpha value is -1.44. The van der Waals surface area contributed by atoms with Gasteiger partial charge >= 0.3 is 0 Å². The molecule has 0 unspecified atom stereocenters. The van der Waals surface area contributed by atoms with Gasteiger partial charge in [0.25, 0.3) is 10.2 Å². The van der Waals surface area contributed by atoms with Gasteiger partial charge in [0.15, 0.2) is 0 Å². The van der Waals surface area contributed by atoms with E-state index in [1.165, 1.54) is 11.4 Å². The van der Waals surface area contributed by atoms with Gasteiger partial charge in [0.2, 0.25) is 0 Å². The first-order valence-electron chi connectivity index (χ1n) is 6.36. The fourth-order valence-electron chi connectivity index (χ4n) is 1.56. The van der Waals surface area contributed by atoms with Crippen LogP contribution in [0.2, 0.25) is 0 Å². The Balaban J connectivity index is 2.77. The van der Waals surface area contributed by atoms with E-state index in [0.29, 0.717) is 12.1 Å². The molecule has 0 heterocycles. The summed E-state index contributed by atoms with van der Waals surface area (Å²) in [7, 11) is -1.97. The fraction of sp³-hybridized carbons (Fsp3) is 0.462. The lowest BCUT2D eigenvalue weighted by Crippen LogP contribution is -2.39. The third-order valence-corrected chi connectivity index (χ3v) is 4.21. The zero-order chi connectivity index (χ0) is 15.3. The summed E-state index contributed by atoms with van der Waals surface area (Å²) in [6.07, 6.45) is 0. The minimum atomic E-state index is -3.49. The first kappa shape index (κ1) is 16.6. The monoisotopic (exact) mass is 298 g/mol. The van der Waals surface area contributed by atoms with Crippen LogP contribution in [0.5, 0.6) is 0 Å². The molecule has 1 rings (SSSR count). The summed E-state index contributed by atoms with van der Waals surface area (Å²) in [5.74, 6) is 0.217. The van der Waals surface area contributed by atoms with Crippen LogP contribution in [0.25, 0.3) is 0 Å². The van der Waals surface area contributed by atoms with E-state index in [9.17, 15) is 8.42 Å². The molecule has 7 heteroatoms. The summed E-state index contributed by atoms with van der Waals surface area (Å²) >= 11 is 0. The van der Waals surface area contributed by atoms with Crippen molar-refractivity contribution in [1.82, 2.24) is 9.03 Å². The standard InChI is InChI=1S/C13H22N4O2S/c1-10(2)8-16-20(18,19)17(3)9-11-5-4-6-12(7-11)13(14)15/h4-7,10,16H,8-9H2,1-3H3,(H3,14,15). The number of nitrogens with zero attached hydrogens (tertiary/aromatic N) is 1. The van der Waals surface area contributed by atoms with E-state index in [1.54, 1.807) is 24.3 Å². The van der Waals surface area contributed by atoms with E-state index >= 15 is 0 Å². The Bertz CT molecular complexity index is 569. The number of nitrogens with one attached hydrogen (secondary N) is 2. The molecule has 0 saturated heterocycles. The van der Waals surface area contributed by atoms with Gasteiger partial charge in [-0.15, -0.1) is 0 Å². The van der Waals surface area contributed by atoms with Gasteiger partial charge in [0.1, 0.15) is 5.84 Å². The molecule has 1 aromatic rings. The molecule has 20 heavy (non-hydrogen) atoms. The van der Waals surface area contributed by atoms with Crippen LogP contribution in [0.15, 0.2) is 24.3 Å². The number of nitrogen functional groups attached to an aromatic ring is 1. The van der Waals surface area contributed by atoms with Gasteiger partial charge in [-0.05, 0) is 17.5 Å². The van der Waals surface area contributed by atoms with Crippen molar-refractivity contribution in [2.24, 2.45) is 11.7 Å². The summed E-state index contributed by atoms with van der Waals surface area (Å²) in [5.41, 5.74) is 6.79. The second-order valence-electron chi connectivity index (χ2n) is 5.12. The van der Waals surface area contributed by atoms with E-state index in [-0.39, 0.29) is 18.3 Å². The number of hydrogen-bond acceptors (Lipinski definition) is 3. The third-order valence-electron chi connectivity index (χ3n) is 2.73. The van der Waals surface area contributed by atoms with E-state index in [0.717, 1.165) is 5.56 Å². The number of nitrogens with two attached hydrogens (primary N) is 1. The molecule has 0 aromatic heterocycles. The lowest BCUT2D eigenvalue weighted by molar-refractivity contribution is 0.449. The van der Waals surface area contributed by atoms with Crippen LogP contribution in [0.3, 0.4) is 0 Å². The Kier molecular flexibility index (Phi) is 5.67. The predicted molar refractivity (Wildman–Crippen MR) is 80.7 cm³/mol. The van der Waals surface area contributed by atoms with Crippen LogP contribution < -0.4 is 10.5 Å². The Morgan fingerprint density at radius 3 is 2.65 bits per heavy atom. The maximum absolute atomic E-state index is 12.0. The molecule has 0 aliphatic heterocycles. The van der Waals surface area contributed by atoms with Crippen LogP contribution in [-0.2, 0) is 16.8 Å². The Labute approximate surface area is 120 Å². The van der Waals surface area contributed by atoms with Crippen molar-refractivity contribution in [1.29, 1.82) is 5.41 Å². The third kappa shape index (κ3) is 4.92. The van der Waals surface area contributed by atoms with Crippen molar-refractivity contribution in [2.75, 3.05) is 13.6 Å². The number of rotatable bonds is 7. The average molecular weight is 298 g/mol. The first-order chi connectivity index (χ1) is 9.22. The van der Waals surface area contributed by atoms with Gasteiger partial charge in [-0.3, -0.25) is 5.41 Å². The molecule has 112 valence electrons. The van der Waals surface area contributed by atoms with Gasteiger partial charge in [-0.2, -0.15) is 12.7 Å². The molecule has 0 amide bonds. The highest BCUT2D eigenvalue weighted by molar-refractivity contribution is 7.87. The topological polar surface area (TPSA) is 99.3 Å². The lowest BCUT2D eigenvalue weighted by atomic mass is 10.1. The maximum Gasteiger partial charge on any atom is 0.279 e. The van der Waals surface area contributed by atoms with Crippen molar-refractivity contribution in [3.63, 3.8) is 0 Å². The van der Waals surface area contributed by atoms with Crippen molar-refractivity contribution in [3.8, 4) is 0 Å². The minimum Gasteiger partial charge on any atom is -0.384 e. The predicted octanol–water partition coefficient (Wildman–Crippen LogP) is 0.893. The summed E-state index contributed by atoms with van der Waals surface area (Å²) in [6, 6.07) is 7.00. The zero-order valence-electron chi connectivity index (χ0n) is 12.1. The molecule has 0 saturated carbocycles. The highest BCUT2D eigenvalue weighted by atomic mass is 32.2. The number of benzene rings is 1. The molecule has 4 N–H and O–H groups in total. The van der Waals surface area contributed by atoms with Crippen LogP contribution in [0, 0.1) is 11.3 Å². The van der Waals surface area contributed by atoms with E-state index in [2.05, 4.69) is 4.72 Å². The van der Waals surface area contributed by atoms with E-state index in [4.69, 9.17) is 11.1 Å². The molecule has 0 aliphatic rings. The molecule has 6 nitrogen and oxygen atoms in total. The van der Waals surface area contributed by atoms with Gasteiger partial charge in [-0.1, -0.05) is 32.0 Å². The van der Waals surface area contributed by atoms with E-state index in [1.807, 2.05) is 13.8 Å². The van der Waals surface area contributed by atoms with Gasteiger partial charge in [0, 0.05) is 25.7 Å².